The number of nitrogens with one attached hydrogen (secondary N) is 1. The number of carbonyl (C=O) groups excluding carboxylic acids is 2. The molecule has 0 spiro atoms. The smallest absolute Gasteiger partial charge is 0.326 e. The summed E-state index contributed by atoms with van der Waals surface area (Å²) < 4.78 is 38.2. The van der Waals surface area contributed by atoms with E-state index in [0.717, 1.165) is 12.1 Å². The van der Waals surface area contributed by atoms with E-state index in [-0.39, 0.29) is 5.69 Å². The molecule has 0 aliphatic heterocycles. The molecule has 2 aromatic rings. The Bertz CT molecular complexity index is 730. The Morgan fingerprint density at radius 1 is 1.04 bits per heavy atom. The number of carbonyl (C=O) groups is 2. The number of hydrogen-bond donors (Lipinski definition) is 1. The number of halogens is 4. The first-order valence-electron chi connectivity index (χ1n) is 6.52. The molecule has 120 valence electrons. The highest BCUT2D eigenvalue weighted by Gasteiger charge is 2.33. The van der Waals surface area contributed by atoms with Crippen LogP contribution in [0.1, 0.15) is 22.3 Å². The molecule has 2 aromatic carbocycles. The molecule has 0 radical (unpaired) electrons. The Morgan fingerprint density at radius 3 is 2.30 bits per heavy atom. The van der Waals surface area contributed by atoms with Crippen LogP contribution in [-0.2, 0) is 11.0 Å². The summed E-state index contributed by atoms with van der Waals surface area (Å²) >= 11 is 5.49. The van der Waals surface area contributed by atoms with Crippen LogP contribution in [0.4, 0.5) is 18.9 Å². The third kappa shape index (κ3) is 4.56. The zero-order valence-electron chi connectivity index (χ0n) is 11.7. The van der Waals surface area contributed by atoms with E-state index in [1.165, 1.54) is 6.07 Å². The van der Waals surface area contributed by atoms with E-state index in [1.54, 1.807) is 30.3 Å². The van der Waals surface area contributed by atoms with Crippen molar-refractivity contribution < 1.29 is 22.8 Å². The topological polar surface area (TPSA) is 46.2 Å². The normalized spacial score (nSPS) is 11.1. The van der Waals surface area contributed by atoms with Crippen molar-refractivity contribution in [3.8, 4) is 0 Å². The van der Waals surface area contributed by atoms with E-state index in [4.69, 9.17) is 11.6 Å². The summed E-state index contributed by atoms with van der Waals surface area (Å²) in [5, 5.41) is 1.80. The van der Waals surface area contributed by atoms with Crippen molar-refractivity contribution in [1.29, 1.82) is 0 Å². The number of ketones is 1. The number of Topliss-reactive ketones (excluding diaryl/α,β-unsaturated/α-hetero) is 1. The SMILES string of the molecule is O=C(CC(=O)c1ccccc1)Nc1ccc(Cl)c(C(F)(F)F)c1. The molecule has 3 nitrogen and oxygen atoms in total. The van der Waals surface area contributed by atoms with E-state index < -0.39 is 34.9 Å². The maximum Gasteiger partial charge on any atom is 0.417 e. The molecule has 0 atom stereocenters. The van der Waals surface area contributed by atoms with Gasteiger partial charge in [-0.15, -0.1) is 0 Å². The van der Waals surface area contributed by atoms with Crippen LogP contribution in [-0.4, -0.2) is 11.7 Å². The Hall–Kier alpha value is -2.34. The van der Waals surface area contributed by atoms with Gasteiger partial charge in [-0.25, -0.2) is 0 Å². The van der Waals surface area contributed by atoms with Gasteiger partial charge in [-0.05, 0) is 18.2 Å². The van der Waals surface area contributed by atoms with Crippen molar-refractivity contribution in [2.24, 2.45) is 0 Å². The minimum absolute atomic E-state index is 0.0763. The molecule has 0 bridgehead atoms. The molecule has 1 N–H and O–H groups in total. The van der Waals surface area contributed by atoms with Gasteiger partial charge in [-0.1, -0.05) is 41.9 Å². The number of alkyl halides is 3. The minimum Gasteiger partial charge on any atom is -0.326 e. The highest BCUT2D eigenvalue weighted by molar-refractivity contribution is 6.31. The molecule has 1 amide bonds. The number of benzene rings is 2. The van der Waals surface area contributed by atoms with Crippen LogP contribution in [0.15, 0.2) is 48.5 Å². The minimum atomic E-state index is -4.63. The molecular formula is C16H11ClF3NO2. The van der Waals surface area contributed by atoms with Crippen LogP contribution in [0.2, 0.25) is 5.02 Å². The summed E-state index contributed by atoms with van der Waals surface area (Å²) in [6.45, 7) is 0. The first kappa shape index (κ1) is 17.0. The maximum absolute atomic E-state index is 12.7. The highest BCUT2D eigenvalue weighted by Crippen LogP contribution is 2.36. The van der Waals surface area contributed by atoms with Crippen molar-refractivity contribution in [1.82, 2.24) is 0 Å². The number of anilines is 1. The standard InChI is InChI=1S/C16H11ClF3NO2/c17-13-7-6-11(8-12(13)16(18,19)20)21-15(23)9-14(22)10-4-2-1-3-5-10/h1-8H,9H2,(H,21,23). The van der Waals surface area contributed by atoms with Gasteiger partial charge < -0.3 is 5.32 Å². The molecule has 0 saturated carbocycles. The second-order valence-corrected chi connectivity index (χ2v) is 5.11. The van der Waals surface area contributed by atoms with Gasteiger partial charge in [-0.2, -0.15) is 13.2 Å². The van der Waals surface area contributed by atoms with E-state index in [0.29, 0.717) is 5.56 Å². The third-order valence-corrected chi connectivity index (χ3v) is 3.30. The zero-order chi connectivity index (χ0) is 17.0. The molecule has 23 heavy (non-hydrogen) atoms. The lowest BCUT2D eigenvalue weighted by atomic mass is 10.1. The van der Waals surface area contributed by atoms with Crippen molar-refractivity contribution >= 4 is 29.0 Å². The monoisotopic (exact) mass is 341 g/mol. The van der Waals surface area contributed by atoms with Crippen LogP contribution in [0.25, 0.3) is 0 Å². The predicted octanol–water partition coefficient (Wildman–Crippen LogP) is 4.57. The van der Waals surface area contributed by atoms with Crippen molar-refractivity contribution in [2.75, 3.05) is 5.32 Å². The van der Waals surface area contributed by atoms with Crippen LogP contribution in [0.5, 0.6) is 0 Å². The molecule has 0 heterocycles. The van der Waals surface area contributed by atoms with Crippen LogP contribution < -0.4 is 5.32 Å². The van der Waals surface area contributed by atoms with E-state index in [1.807, 2.05) is 0 Å². The Labute approximate surface area is 135 Å². The lowest BCUT2D eigenvalue weighted by Gasteiger charge is -2.11. The number of amides is 1. The summed E-state index contributed by atoms with van der Waals surface area (Å²) in [4.78, 5) is 23.7. The Balaban J connectivity index is 2.08. The van der Waals surface area contributed by atoms with Crippen molar-refractivity contribution in [2.45, 2.75) is 12.6 Å². The lowest BCUT2D eigenvalue weighted by molar-refractivity contribution is -0.137. The Morgan fingerprint density at radius 2 is 1.70 bits per heavy atom. The molecular weight excluding hydrogens is 331 g/mol. The molecule has 0 saturated heterocycles. The average molecular weight is 342 g/mol. The summed E-state index contributed by atoms with van der Waals surface area (Å²) in [6, 6.07) is 11.1. The fourth-order valence-electron chi connectivity index (χ4n) is 1.90. The fraction of sp³-hybridized carbons (Fsp3) is 0.125. The van der Waals surface area contributed by atoms with Gasteiger partial charge >= 0.3 is 6.18 Å². The quantitative estimate of drug-likeness (QED) is 0.654. The summed E-state index contributed by atoms with van der Waals surface area (Å²) in [5.74, 6) is -1.12. The molecule has 0 unspecified atom stereocenters. The first-order chi connectivity index (χ1) is 10.8. The molecule has 2 rings (SSSR count). The van der Waals surface area contributed by atoms with Crippen molar-refractivity contribution in [3.63, 3.8) is 0 Å². The van der Waals surface area contributed by atoms with Gasteiger partial charge in [0.25, 0.3) is 0 Å². The lowest BCUT2D eigenvalue weighted by Crippen LogP contribution is -2.17. The second-order valence-electron chi connectivity index (χ2n) is 4.71. The van der Waals surface area contributed by atoms with E-state index >= 15 is 0 Å². The summed E-state index contributed by atoms with van der Waals surface area (Å²) in [7, 11) is 0. The second kappa shape index (κ2) is 6.83. The predicted molar refractivity (Wildman–Crippen MR) is 80.5 cm³/mol. The maximum atomic E-state index is 12.7. The fourth-order valence-corrected chi connectivity index (χ4v) is 2.12. The van der Waals surface area contributed by atoms with Gasteiger partial charge in [0.2, 0.25) is 5.91 Å². The largest absolute Gasteiger partial charge is 0.417 e. The van der Waals surface area contributed by atoms with Gasteiger partial charge in [0, 0.05) is 11.3 Å². The molecule has 0 aliphatic rings. The summed E-state index contributed by atoms with van der Waals surface area (Å²) in [5.41, 5.74) is -0.770. The average Bonchev–Trinajstić information content (AvgIpc) is 2.49. The molecule has 0 aliphatic carbocycles. The van der Waals surface area contributed by atoms with Gasteiger partial charge in [-0.3, -0.25) is 9.59 Å². The van der Waals surface area contributed by atoms with Crippen LogP contribution in [0.3, 0.4) is 0 Å². The van der Waals surface area contributed by atoms with Gasteiger partial charge in [0.1, 0.15) is 0 Å². The molecule has 7 heteroatoms. The Kier molecular flexibility index (Phi) is 5.05. The number of hydrogen-bond acceptors (Lipinski definition) is 2. The zero-order valence-corrected chi connectivity index (χ0v) is 12.4. The summed E-state index contributed by atoms with van der Waals surface area (Å²) in [6.07, 6.45) is -5.09. The first-order valence-corrected chi connectivity index (χ1v) is 6.90. The van der Waals surface area contributed by atoms with Crippen LogP contribution in [0, 0.1) is 0 Å². The third-order valence-electron chi connectivity index (χ3n) is 2.97. The van der Waals surface area contributed by atoms with Crippen LogP contribution >= 0.6 is 11.6 Å². The van der Waals surface area contributed by atoms with Gasteiger partial charge in [0.15, 0.2) is 5.78 Å². The van der Waals surface area contributed by atoms with Gasteiger partial charge in [0.05, 0.1) is 17.0 Å². The van der Waals surface area contributed by atoms with E-state index in [9.17, 15) is 22.8 Å². The molecule has 0 aromatic heterocycles. The van der Waals surface area contributed by atoms with Crippen molar-refractivity contribution in [3.05, 3.63) is 64.7 Å². The number of rotatable bonds is 4. The highest BCUT2D eigenvalue weighted by atomic mass is 35.5. The van der Waals surface area contributed by atoms with E-state index in [2.05, 4.69) is 5.32 Å². The molecule has 0 fully saturated rings.